The minimum Gasteiger partial charge on any atom is -0.492 e. The molecule has 0 bridgehead atoms. The van der Waals surface area contributed by atoms with Crippen molar-refractivity contribution >= 4 is 15.1 Å². The Hall–Kier alpha value is -1.93. The number of pyridine rings is 1. The molecule has 3 rings (SSSR count). The molecule has 2 heterocycles. The van der Waals surface area contributed by atoms with Crippen molar-refractivity contribution in [3.8, 4) is 16.9 Å². The summed E-state index contributed by atoms with van der Waals surface area (Å²) in [4.78, 5) is 18.6. The molecule has 1 aromatic carbocycles. The van der Waals surface area contributed by atoms with Crippen LogP contribution in [0.3, 0.4) is 0 Å². The Morgan fingerprint density at radius 3 is 2.74 bits per heavy atom. The van der Waals surface area contributed by atoms with Crippen molar-refractivity contribution in [2.24, 2.45) is 5.92 Å². The minimum absolute atomic E-state index is 0.0403. The van der Waals surface area contributed by atoms with Crippen LogP contribution in [0.25, 0.3) is 11.1 Å². The molecule has 1 amide bonds. The van der Waals surface area contributed by atoms with E-state index in [1.807, 2.05) is 25.2 Å². The summed E-state index contributed by atoms with van der Waals surface area (Å²) in [6.07, 6.45) is 2.87. The van der Waals surface area contributed by atoms with Crippen LogP contribution >= 0.6 is 9.24 Å². The topological polar surface area (TPSA) is 42.4 Å². The van der Waals surface area contributed by atoms with Crippen LogP contribution in [0, 0.1) is 12.8 Å². The zero-order valence-electron chi connectivity index (χ0n) is 16.9. The lowest BCUT2D eigenvalue weighted by Gasteiger charge is -2.27. The number of hydrogen-bond acceptors (Lipinski definition) is 3. The van der Waals surface area contributed by atoms with E-state index in [1.54, 1.807) is 11.1 Å². The predicted octanol–water partition coefficient (Wildman–Crippen LogP) is 4.70. The van der Waals surface area contributed by atoms with Gasteiger partial charge in [0, 0.05) is 18.4 Å². The van der Waals surface area contributed by atoms with Crippen LogP contribution in [0.2, 0.25) is 0 Å². The molecule has 1 aliphatic rings. The minimum atomic E-state index is 0.0403. The van der Waals surface area contributed by atoms with Gasteiger partial charge in [-0.3, -0.25) is 9.78 Å². The zero-order chi connectivity index (χ0) is 19.8. The van der Waals surface area contributed by atoms with Gasteiger partial charge in [-0.2, -0.15) is 0 Å². The SMILES string of the molecule is Cc1cc(-c2ccnc3c2C(=O)N(C)C3)ccc1OCC(C)(P)CC(C)C. The summed E-state index contributed by atoms with van der Waals surface area (Å²) >= 11 is 0. The molecule has 1 aliphatic heterocycles. The fourth-order valence-electron chi connectivity index (χ4n) is 3.80. The number of fused-ring (bicyclic) bond motifs is 1. The molecule has 144 valence electrons. The second-order valence-corrected chi connectivity index (χ2v) is 9.76. The zero-order valence-corrected chi connectivity index (χ0v) is 18.0. The molecule has 2 unspecified atom stereocenters. The molecule has 0 aliphatic carbocycles. The highest BCUT2D eigenvalue weighted by atomic mass is 31.0. The number of carbonyl (C=O) groups is 1. The standard InChI is InChI=1S/C22H29N2O2P/c1-14(2)11-22(4,27)13-26-19-7-6-16(10-15(19)3)17-8-9-23-18-12-24(5)21(25)20(17)18/h6-10,14H,11-13,27H2,1-5H3. The van der Waals surface area contributed by atoms with Gasteiger partial charge in [-0.1, -0.05) is 26.8 Å². The second kappa shape index (κ2) is 7.59. The Morgan fingerprint density at radius 1 is 1.33 bits per heavy atom. The van der Waals surface area contributed by atoms with Crippen LogP contribution in [-0.4, -0.2) is 34.6 Å². The van der Waals surface area contributed by atoms with Crippen molar-refractivity contribution in [1.29, 1.82) is 0 Å². The number of aryl methyl sites for hydroxylation is 1. The molecule has 4 nitrogen and oxygen atoms in total. The van der Waals surface area contributed by atoms with Crippen LogP contribution in [0.15, 0.2) is 30.5 Å². The number of benzene rings is 1. The number of rotatable bonds is 6. The Labute approximate surface area is 164 Å². The van der Waals surface area contributed by atoms with E-state index in [-0.39, 0.29) is 11.1 Å². The van der Waals surface area contributed by atoms with Gasteiger partial charge in [0.2, 0.25) is 0 Å². The van der Waals surface area contributed by atoms with Gasteiger partial charge in [0.25, 0.3) is 5.91 Å². The van der Waals surface area contributed by atoms with Gasteiger partial charge >= 0.3 is 0 Å². The number of hydrogen-bond donors (Lipinski definition) is 0. The van der Waals surface area contributed by atoms with E-state index < -0.39 is 0 Å². The number of amides is 1. The van der Waals surface area contributed by atoms with E-state index >= 15 is 0 Å². The number of aromatic nitrogens is 1. The molecule has 5 heteroatoms. The molecule has 0 spiro atoms. The normalized spacial score (nSPS) is 15.8. The summed E-state index contributed by atoms with van der Waals surface area (Å²) in [7, 11) is 4.75. The average Bonchev–Trinajstić information content (AvgIpc) is 2.87. The maximum Gasteiger partial charge on any atom is 0.256 e. The van der Waals surface area contributed by atoms with Crippen molar-refractivity contribution in [2.45, 2.75) is 45.8 Å². The van der Waals surface area contributed by atoms with E-state index in [0.29, 0.717) is 19.1 Å². The molecular weight excluding hydrogens is 355 g/mol. The van der Waals surface area contributed by atoms with Gasteiger partial charge < -0.3 is 9.64 Å². The first-order valence-electron chi connectivity index (χ1n) is 9.44. The predicted molar refractivity (Wildman–Crippen MR) is 113 cm³/mol. The van der Waals surface area contributed by atoms with E-state index in [0.717, 1.165) is 40.1 Å². The Balaban J connectivity index is 1.83. The molecule has 1 aromatic heterocycles. The van der Waals surface area contributed by atoms with Gasteiger partial charge in [0.15, 0.2) is 0 Å². The van der Waals surface area contributed by atoms with Crippen LogP contribution in [0.5, 0.6) is 5.75 Å². The number of nitrogens with zero attached hydrogens (tertiary/aromatic N) is 2. The van der Waals surface area contributed by atoms with Gasteiger partial charge in [-0.15, -0.1) is 9.24 Å². The maximum atomic E-state index is 12.5. The molecule has 2 aromatic rings. The highest BCUT2D eigenvalue weighted by Gasteiger charge is 2.29. The summed E-state index contributed by atoms with van der Waals surface area (Å²) in [5.41, 5.74) is 4.62. The van der Waals surface area contributed by atoms with Crippen molar-refractivity contribution in [1.82, 2.24) is 9.88 Å². The molecule has 0 saturated carbocycles. The van der Waals surface area contributed by atoms with Crippen molar-refractivity contribution in [2.75, 3.05) is 13.7 Å². The highest BCUT2D eigenvalue weighted by Crippen LogP contribution is 2.34. The fraction of sp³-hybridized carbons (Fsp3) is 0.455. The first-order valence-corrected chi connectivity index (χ1v) is 10.0. The lowest BCUT2D eigenvalue weighted by Crippen LogP contribution is -2.27. The van der Waals surface area contributed by atoms with Crippen molar-refractivity contribution in [3.63, 3.8) is 0 Å². The molecule has 27 heavy (non-hydrogen) atoms. The van der Waals surface area contributed by atoms with E-state index in [2.05, 4.69) is 48.0 Å². The van der Waals surface area contributed by atoms with E-state index in [4.69, 9.17) is 4.74 Å². The highest BCUT2D eigenvalue weighted by molar-refractivity contribution is 7.19. The number of carbonyl (C=O) groups excluding carboxylic acids is 1. The molecule has 0 fully saturated rings. The van der Waals surface area contributed by atoms with Gasteiger partial charge in [-0.25, -0.2) is 0 Å². The third kappa shape index (κ3) is 4.32. The first-order chi connectivity index (χ1) is 12.7. The van der Waals surface area contributed by atoms with E-state index in [9.17, 15) is 4.79 Å². The van der Waals surface area contributed by atoms with Gasteiger partial charge in [-0.05, 0) is 54.2 Å². The van der Waals surface area contributed by atoms with Crippen LogP contribution in [0.4, 0.5) is 0 Å². The van der Waals surface area contributed by atoms with Crippen LogP contribution in [-0.2, 0) is 6.54 Å². The quantitative estimate of drug-likeness (QED) is 0.678. The molecule has 2 atom stereocenters. The third-order valence-corrected chi connectivity index (χ3v) is 5.30. The lowest BCUT2D eigenvalue weighted by molar-refractivity contribution is 0.0817. The largest absolute Gasteiger partial charge is 0.492 e. The summed E-state index contributed by atoms with van der Waals surface area (Å²) in [5.74, 6) is 1.56. The smallest absolute Gasteiger partial charge is 0.256 e. The Bertz CT molecular complexity index is 861. The first kappa shape index (κ1) is 19.8. The maximum absolute atomic E-state index is 12.5. The Kier molecular flexibility index (Phi) is 5.58. The molecular formula is C22H29N2O2P. The average molecular weight is 384 g/mol. The molecule has 0 radical (unpaired) electrons. The Morgan fingerprint density at radius 2 is 2.07 bits per heavy atom. The summed E-state index contributed by atoms with van der Waals surface area (Å²) in [6.45, 7) is 9.96. The van der Waals surface area contributed by atoms with Crippen molar-refractivity contribution < 1.29 is 9.53 Å². The fourth-order valence-corrected chi connectivity index (χ4v) is 4.36. The molecule has 0 saturated heterocycles. The number of ether oxygens (including phenoxy) is 1. The third-order valence-electron chi connectivity index (χ3n) is 4.89. The summed E-state index contributed by atoms with van der Waals surface area (Å²) < 4.78 is 6.12. The monoisotopic (exact) mass is 384 g/mol. The van der Waals surface area contributed by atoms with Gasteiger partial charge in [0.1, 0.15) is 5.75 Å². The van der Waals surface area contributed by atoms with E-state index in [1.165, 1.54) is 0 Å². The second-order valence-electron chi connectivity index (χ2n) is 8.36. The van der Waals surface area contributed by atoms with Gasteiger partial charge in [0.05, 0.1) is 24.4 Å². The van der Waals surface area contributed by atoms with Crippen LogP contribution in [0.1, 0.15) is 48.8 Å². The summed E-state index contributed by atoms with van der Waals surface area (Å²) in [5, 5.41) is 0.0577. The van der Waals surface area contributed by atoms with Crippen molar-refractivity contribution in [3.05, 3.63) is 47.3 Å². The molecule has 0 N–H and O–H groups in total. The lowest BCUT2D eigenvalue weighted by atomic mass is 9.97. The summed E-state index contributed by atoms with van der Waals surface area (Å²) in [6, 6.07) is 8.07. The van der Waals surface area contributed by atoms with Crippen LogP contribution < -0.4 is 4.74 Å².